The van der Waals surface area contributed by atoms with Gasteiger partial charge in [0.2, 0.25) is 0 Å². The second-order valence-electron chi connectivity index (χ2n) is 5.99. The van der Waals surface area contributed by atoms with E-state index in [1.807, 2.05) is 0 Å². The zero-order valence-corrected chi connectivity index (χ0v) is 12.3. The van der Waals surface area contributed by atoms with Gasteiger partial charge in [-0.05, 0) is 52.5 Å². The molecule has 0 heterocycles. The number of hydrogen-bond donors (Lipinski definition) is 1. The van der Waals surface area contributed by atoms with Gasteiger partial charge in [-0.25, -0.2) is 0 Å². The molecule has 0 aliphatic heterocycles. The van der Waals surface area contributed by atoms with Gasteiger partial charge in [0.15, 0.2) is 0 Å². The van der Waals surface area contributed by atoms with E-state index in [-0.39, 0.29) is 0 Å². The Labute approximate surface area is 108 Å². The fraction of sp³-hybridized carbons (Fsp3) is 1.00. The molecule has 0 radical (unpaired) electrons. The molecule has 0 bridgehead atoms. The summed E-state index contributed by atoms with van der Waals surface area (Å²) in [5.41, 5.74) is 0. The lowest BCUT2D eigenvalue weighted by molar-refractivity contribution is 0.153. The molecule has 1 saturated carbocycles. The first-order chi connectivity index (χ1) is 8.15. The van der Waals surface area contributed by atoms with Crippen molar-refractivity contribution in [3.63, 3.8) is 0 Å². The Bertz CT molecular complexity index is 187. The van der Waals surface area contributed by atoms with Crippen LogP contribution in [-0.2, 0) is 0 Å². The lowest BCUT2D eigenvalue weighted by atomic mass is 10.2. The zero-order valence-electron chi connectivity index (χ0n) is 12.3. The molecule has 1 N–H and O–H groups in total. The lowest BCUT2D eigenvalue weighted by Gasteiger charge is -2.33. The summed E-state index contributed by atoms with van der Waals surface area (Å²) in [4.78, 5) is 2.67. The molecule has 1 atom stereocenters. The highest BCUT2D eigenvalue weighted by Gasteiger charge is 2.27. The van der Waals surface area contributed by atoms with Crippen LogP contribution in [0.2, 0.25) is 0 Å². The van der Waals surface area contributed by atoms with Gasteiger partial charge >= 0.3 is 0 Å². The molecule has 0 amide bonds. The van der Waals surface area contributed by atoms with E-state index in [0.717, 1.165) is 12.5 Å². The van der Waals surface area contributed by atoms with E-state index >= 15 is 0 Å². The summed E-state index contributed by atoms with van der Waals surface area (Å²) in [5, 5.41) is 3.61. The third-order valence-corrected chi connectivity index (χ3v) is 3.79. The van der Waals surface area contributed by atoms with Crippen molar-refractivity contribution in [3.8, 4) is 0 Å². The first-order valence-corrected chi connectivity index (χ1v) is 7.61. The van der Waals surface area contributed by atoms with Crippen LogP contribution in [0.1, 0.15) is 59.8 Å². The highest BCUT2D eigenvalue weighted by molar-refractivity contribution is 4.82. The molecular weight excluding hydrogens is 208 g/mol. The zero-order chi connectivity index (χ0) is 12.7. The Hall–Kier alpha value is -0.0800. The second-order valence-corrected chi connectivity index (χ2v) is 5.99. The summed E-state index contributed by atoms with van der Waals surface area (Å²) in [6, 6.07) is 1.36. The monoisotopic (exact) mass is 240 g/mol. The molecule has 0 aromatic rings. The van der Waals surface area contributed by atoms with Crippen molar-refractivity contribution in [3.05, 3.63) is 0 Å². The van der Waals surface area contributed by atoms with Crippen molar-refractivity contribution in [1.82, 2.24) is 10.2 Å². The predicted molar refractivity (Wildman–Crippen MR) is 76.4 cm³/mol. The fourth-order valence-electron chi connectivity index (χ4n) is 2.43. The molecule has 0 spiro atoms. The normalized spacial score (nSPS) is 18.0. The van der Waals surface area contributed by atoms with Crippen LogP contribution in [0.25, 0.3) is 0 Å². The first kappa shape index (κ1) is 15.0. The third kappa shape index (κ3) is 6.42. The van der Waals surface area contributed by atoms with Gasteiger partial charge in [-0.15, -0.1) is 0 Å². The Balaban J connectivity index is 2.14. The van der Waals surface area contributed by atoms with Crippen LogP contribution in [-0.4, -0.2) is 36.6 Å². The van der Waals surface area contributed by atoms with Gasteiger partial charge in [-0.3, -0.25) is 4.90 Å². The smallest absolute Gasteiger partial charge is 0.0195 e. The van der Waals surface area contributed by atoms with Gasteiger partial charge in [-0.2, -0.15) is 0 Å². The standard InChI is InChI=1S/C15H32N2/c1-5-6-7-10-16-11-14(4)17(13(2)3)12-15-8-9-15/h13-16H,5-12H2,1-4H3. The maximum absolute atomic E-state index is 3.61. The molecule has 1 fully saturated rings. The van der Waals surface area contributed by atoms with Crippen molar-refractivity contribution in [2.75, 3.05) is 19.6 Å². The van der Waals surface area contributed by atoms with E-state index in [1.54, 1.807) is 0 Å². The van der Waals surface area contributed by atoms with Crippen molar-refractivity contribution >= 4 is 0 Å². The number of hydrogen-bond acceptors (Lipinski definition) is 2. The van der Waals surface area contributed by atoms with Gasteiger partial charge in [0.05, 0.1) is 0 Å². The minimum Gasteiger partial charge on any atom is -0.315 e. The van der Waals surface area contributed by atoms with Crippen molar-refractivity contribution < 1.29 is 0 Å². The minimum absolute atomic E-state index is 0.678. The molecular formula is C15H32N2. The summed E-state index contributed by atoms with van der Waals surface area (Å²) in [6.07, 6.45) is 6.92. The van der Waals surface area contributed by atoms with E-state index in [4.69, 9.17) is 0 Å². The summed E-state index contributed by atoms with van der Waals surface area (Å²) in [7, 11) is 0. The number of nitrogens with zero attached hydrogens (tertiary/aromatic N) is 1. The second kappa shape index (κ2) is 8.10. The SMILES string of the molecule is CCCCCNCC(C)N(CC1CC1)C(C)C. The molecule has 0 aromatic heterocycles. The third-order valence-electron chi connectivity index (χ3n) is 3.79. The largest absolute Gasteiger partial charge is 0.315 e. The van der Waals surface area contributed by atoms with Crippen molar-refractivity contribution in [2.24, 2.45) is 5.92 Å². The lowest BCUT2D eigenvalue weighted by Crippen LogP contribution is -2.45. The summed E-state index contributed by atoms with van der Waals surface area (Å²) in [5.74, 6) is 1.000. The van der Waals surface area contributed by atoms with Crippen LogP contribution in [0.4, 0.5) is 0 Å². The average Bonchev–Trinajstić information content (AvgIpc) is 3.08. The fourth-order valence-corrected chi connectivity index (χ4v) is 2.43. The van der Waals surface area contributed by atoms with Crippen LogP contribution in [0.5, 0.6) is 0 Å². The molecule has 1 rings (SSSR count). The summed E-state index contributed by atoms with van der Waals surface area (Å²) < 4.78 is 0. The van der Waals surface area contributed by atoms with Gasteiger partial charge in [0.1, 0.15) is 0 Å². The number of nitrogens with one attached hydrogen (secondary N) is 1. The van der Waals surface area contributed by atoms with Gasteiger partial charge in [0.25, 0.3) is 0 Å². The van der Waals surface area contributed by atoms with Crippen molar-refractivity contribution in [2.45, 2.75) is 71.9 Å². The van der Waals surface area contributed by atoms with Gasteiger partial charge < -0.3 is 5.32 Å². The highest BCUT2D eigenvalue weighted by Crippen LogP contribution is 2.30. The van der Waals surface area contributed by atoms with Gasteiger partial charge in [0, 0.05) is 25.2 Å². The quantitative estimate of drug-likeness (QED) is 0.590. The van der Waals surface area contributed by atoms with E-state index in [2.05, 4.69) is 37.9 Å². The van der Waals surface area contributed by atoms with Gasteiger partial charge in [-0.1, -0.05) is 19.8 Å². The maximum Gasteiger partial charge on any atom is 0.0195 e. The topological polar surface area (TPSA) is 15.3 Å². The molecule has 2 nitrogen and oxygen atoms in total. The Kier molecular flexibility index (Phi) is 7.14. The van der Waals surface area contributed by atoms with Crippen LogP contribution in [0.15, 0.2) is 0 Å². The minimum atomic E-state index is 0.678. The number of unbranched alkanes of at least 4 members (excludes halogenated alkanes) is 2. The predicted octanol–water partition coefficient (Wildman–Crippen LogP) is 3.28. The van der Waals surface area contributed by atoms with E-state index in [1.165, 1.54) is 45.2 Å². The molecule has 1 aliphatic carbocycles. The van der Waals surface area contributed by atoms with E-state index in [9.17, 15) is 0 Å². The average molecular weight is 240 g/mol. The molecule has 2 heteroatoms. The summed E-state index contributed by atoms with van der Waals surface area (Å²) in [6.45, 7) is 12.9. The maximum atomic E-state index is 3.61. The van der Waals surface area contributed by atoms with Crippen LogP contribution >= 0.6 is 0 Å². The Morgan fingerprint density at radius 1 is 1.18 bits per heavy atom. The summed E-state index contributed by atoms with van der Waals surface area (Å²) >= 11 is 0. The number of rotatable bonds is 10. The Morgan fingerprint density at radius 3 is 2.41 bits per heavy atom. The van der Waals surface area contributed by atoms with Crippen LogP contribution < -0.4 is 5.32 Å². The molecule has 102 valence electrons. The highest BCUT2D eigenvalue weighted by atomic mass is 15.2. The van der Waals surface area contributed by atoms with Crippen LogP contribution in [0, 0.1) is 5.92 Å². The van der Waals surface area contributed by atoms with E-state index in [0.29, 0.717) is 12.1 Å². The molecule has 1 unspecified atom stereocenters. The first-order valence-electron chi connectivity index (χ1n) is 7.61. The molecule has 0 saturated heterocycles. The molecule has 17 heavy (non-hydrogen) atoms. The Morgan fingerprint density at radius 2 is 1.88 bits per heavy atom. The van der Waals surface area contributed by atoms with Crippen molar-refractivity contribution in [1.29, 1.82) is 0 Å². The molecule has 1 aliphatic rings. The van der Waals surface area contributed by atoms with E-state index < -0.39 is 0 Å². The van der Waals surface area contributed by atoms with Crippen LogP contribution in [0.3, 0.4) is 0 Å². The molecule has 0 aromatic carbocycles.